The Kier molecular flexibility index (Phi) is 6.99. The maximum Gasteiger partial charge on any atom is 0.239 e. The largest absolute Gasteiger partial charge is 0.495 e. The molecule has 1 aliphatic rings. The first kappa shape index (κ1) is 20.2. The fourth-order valence-corrected chi connectivity index (χ4v) is 2.67. The lowest BCUT2D eigenvalue weighted by Gasteiger charge is -2.28. The zero-order valence-corrected chi connectivity index (χ0v) is 16.1. The van der Waals surface area contributed by atoms with E-state index < -0.39 is 5.41 Å². The van der Waals surface area contributed by atoms with Gasteiger partial charge < -0.3 is 20.1 Å². The summed E-state index contributed by atoms with van der Waals surface area (Å²) in [5.74, 6) is -0.104. The van der Waals surface area contributed by atoms with Gasteiger partial charge in [-0.25, -0.2) is 0 Å². The summed E-state index contributed by atoms with van der Waals surface area (Å²) >= 11 is 0. The third-order valence-corrected chi connectivity index (χ3v) is 4.56. The molecular formula is C19H29N3O4. The number of methoxy groups -OCH3 is 1. The van der Waals surface area contributed by atoms with E-state index in [0.717, 1.165) is 38.4 Å². The van der Waals surface area contributed by atoms with Crippen molar-refractivity contribution >= 4 is 17.5 Å². The minimum atomic E-state index is -1.19. The summed E-state index contributed by atoms with van der Waals surface area (Å²) in [4.78, 5) is 27.4. The topological polar surface area (TPSA) is 79.9 Å². The Bertz CT molecular complexity index is 640. The van der Waals surface area contributed by atoms with Gasteiger partial charge in [-0.2, -0.15) is 0 Å². The van der Waals surface area contributed by atoms with Crippen LogP contribution in [0.2, 0.25) is 0 Å². The van der Waals surface area contributed by atoms with Gasteiger partial charge in [0.05, 0.1) is 26.0 Å². The van der Waals surface area contributed by atoms with E-state index in [0.29, 0.717) is 18.0 Å². The minimum absolute atomic E-state index is 0.296. The average Bonchev–Trinajstić information content (AvgIpc) is 2.62. The second-order valence-corrected chi connectivity index (χ2v) is 6.99. The van der Waals surface area contributed by atoms with Gasteiger partial charge in [-0.3, -0.25) is 14.5 Å². The Morgan fingerprint density at radius 2 is 1.92 bits per heavy atom. The van der Waals surface area contributed by atoms with Crippen LogP contribution >= 0.6 is 0 Å². The summed E-state index contributed by atoms with van der Waals surface area (Å²) in [5.41, 5.74) is 0.361. The molecule has 0 aromatic heterocycles. The number of ether oxygens (including phenoxy) is 2. The van der Waals surface area contributed by atoms with Crippen molar-refractivity contribution in [2.45, 2.75) is 20.8 Å². The van der Waals surface area contributed by atoms with Crippen LogP contribution in [0.5, 0.6) is 5.75 Å². The summed E-state index contributed by atoms with van der Waals surface area (Å²) in [6.45, 7) is 9.60. The molecule has 0 saturated carbocycles. The Balaban J connectivity index is 1.91. The van der Waals surface area contributed by atoms with Crippen molar-refractivity contribution in [2.75, 3.05) is 51.8 Å². The van der Waals surface area contributed by atoms with Crippen LogP contribution in [-0.4, -0.2) is 63.2 Å². The molecule has 2 amide bonds. The number of carbonyl (C=O) groups is 2. The smallest absolute Gasteiger partial charge is 0.239 e. The van der Waals surface area contributed by atoms with Crippen LogP contribution in [0.1, 0.15) is 19.4 Å². The highest BCUT2D eigenvalue weighted by molar-refractivity contribution is 6.10. The van der Waals surface area contributed by atoms with Crippen LogP contribution in [0.4, 0.5) is 5.69 Å². The molecule has 0 aliphatic carbocycles. The molecule has 1 saturated heterocycles. The summed E-state index contributed by atoms with van der Waals surface area (Å²) in [6, 6.07) is 5.52. The van der Waals surface area contributed by atoms with Gasteiger partial charge in [-0.1, -0.05) is 6.07 Å². The third kappa shape index (κ3) is 5.19. The lowest BCUT2D eigenvalue weighted by atomic mass is 9.91. The summed E-state index contributed by atoms with van der Waals surface area (Å²) in [5, 5.41) is 5.67. The van der Waals surface area contributed by atoms with Crippen LogP contribution in [0.3, 0.4) is 0 Å². The van der Waals surface area contributed by atoms with Crippen LogP contribution in [0.25, 0.3) is 0 Å². The number of hydrogen-bond donors (Lipinski definition) is 2. The van der Waals surface area contributed by atoms with Crippen LogP contribution in [0.15, 0.2) is 18.2 Å². The number of nitrogens with one attached hydrogen (secondary N) is 2. The standard InChI is InChI=1S/C19H29N3O4/c1-14-5-6-16(25-4)15(13-14)21-18(24)19(2,3)17(23)20-7-8-22-9-11-26-12-10-22/h5-6,13H,7-12H2,1-4H3,(H,20,23)(H,21,24). The van der Waals surface area contributed by atoms with E-state index in [1.807, 2.05) is 19.1 Å². The number of amides is 2. The van der Waals surface area contributed by atoms with Gasteiger partial charge >= 0.3 is 0 Å². The summed E-state index contributed by atoms with van der Waals surface area (Å²) in [6.07, 6.45) is 0. The maximum atomic E-state index is 12.7. The van der Waals surface area contributed by atoms with E-state index in [1.54, 1.807) is 27.0 Å². The highest BCUT2D eigenvalue weighted by atomic mass is 16.5. The Morgan fingerprint density at radius 1 is 1.23 bits per heavy atom. The Hall–Kier alpha value is -2.12. The Morgan fingerprint density at radius 3 is 2.58 bits per heavy atom. The fraction of sp³-hybridized carbons (Fsp3) is 0.579. The number of aryl methyl sites for hydroxylation is 1. The quantitative estimate of drug-likeness (QED) is 0.716. The molecular weight excluding hydrogens is 334 g/mol. The first-order valence-corrected chi connectivity index (χ1v) is 8.89. The number of anilines is 1. The van der Waals surface area contributed by atoms with Crippen molar-refractivity contribution in [3.63, 3.8) is 0 Å². The first-order chi connectivity index (χ1) is 12.3. The molecule has 0 bridgehead atoms. The summed E-state index contributed by atoms with van der Waals surface area (Å²) in [7, 11) is 1.55. The van der Waals surface area contributed by atoms with Crippen LogP contribution in [-0.2, 0) is 14.3 Å². The molecule has 1 aromatic carbocycles. The van der Waals surface area contributed by atoms with E-state index in [2.05, 4.69) is 15.5 Å². The van der Waals surface area contributed by atoms with Gasteiger partial charge in [0.15, 0.2) is 0 Å². The van der Waals surface area contributed by atoms with Crippen molar-refractivity contribution < 1.29 is 19.1 Å². The predicted octanol–water partition coefficient (Wildman–Crippen LogP) is 1.42. The normalized spacial score (nSPS) is 15.4. The third-order valence-electron chi connectivity index (χ3n) is 4.56. The monoisotopic (exact) mass is 363 g/mol. The number of carbonyl (C=O) groups excluding carboxylic acids is 2. The number of benzene rings is 1. The highest BCUT2D eigenvalue weighted by Gasteiger charge is 2.36. The zero-order valence-electron chi connectivity index (χ0n) is 16.1. The van der Waals surface area contributed by atoms with Gasteiger partial charge in [-0.15, -0.1) is 0 Å². The van der Waals surface area contributed by atoms with E-state index in [1.165, 1.54) is 0 Å². The molecule has 144 valence electrons. The molecule has 2 rings (SSSR count). The van der Waals surface area contributed by atoms with Crippen molar-refractivity contribution in [1.82, 2.24) is 10.2 Å². The van der Waals surface area contributed by atoms with Crippen molar-refractivity contribution in [3.8, 4) is 5.75 Å². The first-order valence-electron chi connectivity index (χ1n) is 8.89. The number of rotatable bonds is 7. The van der Waals surface area contributed by atoms with Gasteiger partial charge in [0.2, 0.25) is 11.8 Å². The molecule has 1 aliphatic heterocycles. The van der Waals surface area contributed by atoms with Gasteiger partial charge in [-0.05, 0) is 38.5 Å². The van der Waals surface area contributed by atoms with Crippen LogP contribution < -0.4 is 15.4 Å². The predicted molar refractivity (Wildman–Crippen MR) is 100 cm³/mol. The SMILES string of the molecule is COc1ccc(C)cc1NC(=O)C(C)(C)C(=O)NCCN1CCOCC1. The minimum Gasteiger partial charge on any atom is -0.495 e. The number of hydrogen-bond acceptors (Lipinski definition) is 5. The highest BCUT2D eigenvalue weighted by Crippen LogP contribution is 2.27. The van der Waals surface area contributed by atoms with Gasteiger partial charge in [0, 0.05) is 26.2 Å². The molecule has 0 spiro atoms. The molecule has 1 aromatic rings. The van der Waals surface area contributed by atoms with E-state index in [9.17, 15) is 9.59 Å². The Labute approximate surface area is 155 Å². The molecule has 0 atom stereocenters. The molecule has 0 unspecified atom stereocenters. The van der Waals surface area contributed by atoms with Crippen molar-refractivity contribution in [2.24, 2.45) is 5.41 Å². The maximum absolute atomic E-state index is 12.7. The molecule has 1 heterocycles. The molecule has 7 nitrogen and oxygen atoms in total. The molecule has 1 fully saturated rings. The lowest BCUT2D eigenvalue weighted by Crippen LogP contribution is -2.48. The van der Waals surface area contributed by atoms with Gasteiger partial charge in [0.1, 0.15) is 11.2 Å². The van der Waals surface area contributed by atoms with Crippen molar-refractivity contribution in [3.05, 3.63) is 23.8 Å². The van der Waals surface area contributed by atoms with E-state index in [-0.39, 0.29) is 11.8 Å². The summed E-state index contributed by atoms with van der Waals surface area (Å²) < 4.78 is 10.6. The fourth-order valence-electron chi connectivity index (χ4n) is 2.67. The lowest BCUT2D eigenvalue weighted by molar-refractivity contribution is -0.138. The number of nitrogens with zero attached hydrogens (tertiary/aromatic N) is 1. The average molecular weight is 363 g/mol. The molecule has 0 radical (unpaired) electrons. The van der Waals surface area contributed by atoms with E-state index >= 15 is 0 Å². The molecule has 2 N–H and O–H groups in total. The second kappa shape index (κ2) is 9.00. The molecule has 7 heteroatoms. The second-order valence-electron chi connectivity index (χ2n) is 6.99. The van der Waals surface area contributed by atoms with Crippen molar-refractivity contribution in [1.29, 1.82) is 0 Å². The molecule has 26 heavy (non-hydrogen) atoms. The van der Waals surface area contributed by atoms with Gasteiger partial charge in [0.25, 0.3) is 0 Å². The van der Waals surface area contributed by atoms with Crippen LogP contribution in [0, 0.1) is 12.3 Å². The van der Waals surface area contributed by atoms with E-state index in [4.69, 9.17) is 9.47 Å². The number of morpholine rings is 1. The zero-order chi connectivity index (χ0) is 19.2.